The van der Waals surface area contributed by atoms with E-state index in [4.69, 9.17) is 23.2 Å². The highest BCUT2D eigenvalue weighted by Gasteiger charge is 2.22. The second-order valence-electron chi connectivity index (χ2n) is 6.20. The fourth-order valence-corrected chi connectivity index (χ4v) is 3.52. The number of halogens is 2. The van der Waals surface area contributed by atoms with Crippen LogP contribution in [0.15, 0.2) is 48.9 Å². The first-order chi connectivity index (χ1) is 12.4. The molecule has 5 nitrogen and oxygen atoms in total. The Kier molecular flexibility index (Phi) is 4.23. The summed E-state index contributed by atoms with van der Waals surface area (Å²) in [6.45, 7) is 1.87. The summed E-state index contributed by atoms with van der Waals surface area (Å²) in [5.74, 6) is 0. The van der Waals surface area contributed by atoms with Crippen LogP contribution in [-0.4, -0.2) is 24.3 Å². The number of benzene rings is 1. The normalized spacial score (nSPS) is 12.7. The van der Waals surface area contributed by atoms with Crippen molar-refractivity contribution in [2.24, 2.45) is 7.05 Å². The Bertz CT molecular complexity index is 1120. The predicted octanol–water partition coefficient (Wildman–Crippen LogP) is 4.43. The summed E-state index contributed by atoms with van der Waals surface area (Å²) in [4.78, 5) is 4.56. The zero-order chi connectivity index (χ0) is 18.4. The van der Waals surface area contributed by atoms with E-state index in [1.54, 1.807) is 29.1 Å². The molecular formula is C19H16Cl2N4O. The molecule has 3 aromatic heterocycles. The smallest absolute Gasteiger partial charge is 0.137 e. The number of aliphatic hydroxyl groups excluding tert-OH is 1. The van der Waals surface area contributed by atoms with Gasteiger partial charge in [0, 0.05) is 46.2 Å². The molecule has 1 aromatic carbocycles. The third-order valence-electron chi connectivity index (χ3n) is 4.39. The largest absolute Gasteiger partial charge is 0.382 e. The number of aliphatic hydroxyl groups is 1. The molecule has 4 aromatic rings. The Hall–Kier alpha value is -2.34. The highest BCUT2D eigenvalue weighted by molar-refractivity contribution is 6.33. The summed E-state index contributed by atoms with van der Waals surface area (Å²) < 4.78 is 3.64. The van der Waals surface area contributed by atoms with Gasteiger partial charge in [-0.05, 0) is 37.3 Å². The van der Waals surface area contributed by atoms with Crippen LogP contribution in [0.25, 0.3) is 16.8 Å². The van der Waals surface area contributed by atoms with Crippen LogP contribution >= 0.6 is 23.2 Å². The van der Waals surface area contributed by atoms with Gasteiger partial charge in [-0.3, -0.25) is 4.68 Å². The Morgan fingerprint density at radius 3 is 2.62 bits per heavy atom. The van der Waals surface area contributed by atoms with E-state index in [1.165, 1.54) is 0 Å². The topological polar surface area (TPSA) is 55.4 Å². The van der Waals surface area contributed by atoms with Crippen molar-refractivity contribution >= 4 is 28.8 Å². The lowest BCUT2D eigenvalue weighted by Crippen LogP contribution is -2.06. The van der Waals surface area contributed by atoms with Crippen molar-refractivity contribution in [1.29, 1.82) is 0 Å². The lowest BCUT2D eigenvalue weighted by Gasteiger charge is -2.14. The molecule has 0 aliphatic rings. The maximum atomic E-state index is 11.0. The van der Waals surface area contributed by atoms with Gasteiger partial charge in [-0.15, -0.1) is 0 Å². The molecular weight excluding hydrogens is 371 g/mol. The van der Waals surface area contributed by atoms with Gasteiger partial charge in [-0.25, -0.2) is 4.98 Å². The molecule has 132 valence electrons. The van der Waals surface area contributed by atoms with E-state index in [-0.39, 0.29) is 0 Å². The van der Waals surface area contributed by atoms with Crippen LogP contribution in [0.5, 0.6) is 0 Å². The minimum Gasteiger partial charge on any atom is -0.382 e. The Balaban J connectivity index is 1.88. The van der Waals surface area contributed by atoms with Crippen molar-refractivity contribution < 1.29 is 5.11 Å². The van der Waals surface area contributed by atoms with Crippen LogP contribution in [0.4, 0.5) is 0 Å². The Morgan fingerprint density at radius 2 is 1.88 bits per heavy atom. The Labute approximate surface area is 160 Å². The van der Waals surface area contributed by atoms with Crippen molar-refractivity contribution in [2.45, 2.75) is 13.0 Å². The van der Waals surface area contributed by atoms with E-state index in [0.717, 1.165) is 22.5 Å². The van der Waals surface area contributed by atoms with Crippen LogP contribution in [0.2, 0.25) is 10.0 Å². The number of imidazole rings is 1. The second-order valence-corrected chi connectivity index (χ2v) is 7.04. The number of hydrogen-bond acceptors (Lipinski definition) is 3. The number of aryl methyl sites for hydroxylation is 2. The molecule has 0 amide bonds. The molecule has 0 radical (unpaired) electrons. The van der Waals surface area contributed by atoms with Crippen molar-refractivity contribution in [1.82, 2.24) is 19.2 Å². The molecule has 0 spiro atoms. The van der Waals surface area contributed by atoms with Crippen molar-refractivity contribution in [3.63, 3.8) is 0 Å². The first-order valence-corrected chi connectivity index (χ1v) is 8.80. The van der Waals surface area contributed by atoms with E-state index in [0.29, 0.717) is 21.3 Å². The van der Waals surface area contributed by atoms with E-state index in [9.17, 15) is 5.11 Å². The van der Waals surface area contributed by atoms with Gasteiger partial charge in [0.2, 0.25) is 0 Å². The average Bonchev–Trinajstić information content (AvgIpc) is 3.18. The van der Waals surface area contributed by atoms with Crippen LogP contribution in [0.3, 0.4) is 0 Å². The van der Waals surface area contributed by atoms with E-state index in [1.807, 2.05) is 42.9 Å². The van der Waals surface area contributed by atoms with Crippen molar-refractivity contribution in [3.8, 4) is 11.1 Å². The molecule has 0 aliphatic carbocycles. The standard InChI is InChI=1S/C19H16Cl2N4O/c1-11-18(19(26)15-7-14(20)4-5-16(15)21)25-10-12(3-6-17(25)23-11)13-8-22-24(2)9-13/h3-10,19,26H,1-2H3. The highest BCUT2D eigenvalue weighted by atomic mass is 35.5. The van der Waals surface area contributed by atoms with Gasteiger partial charge < -0.3 is 9.51 Å². The molecule has 0 bridgehead atoms. The predicted molar refractivity (Wildman–Crippen MR) is 103 cm³/mol. The van der Waals surface area contributed by atoms with Crippen molar-refractivity contribution in [2.75, 3.05) is 0 Å². The van der Waals surface area contributed by atoms with Gasteiger partial charge in [0.15, 0.2) is 0 Å². The molecule has 0 saturated carbocycles. The Morgan fingerprint density at radius 1 is 1.08 bits per heavy atom. The summed E-state index contributed by atoms with van der Waals surface area (Å²) in [7, 11) is 1.87. The third kappa shape index (κ3) is 2.88. The fourth-order valence-electron chi connectivity index (χ4n) is 3.12. The molecule has 3 heterocycles. The van der Waals surface area contributed by atoms with E-state index >= 15 is 0 Å². The molecule has 0 aliphatic heterocycles. The zero-order valence-electron chi connectivity index (χ0n) is 14.2. The quantitative estimate of drug-likeness (QED) is 0.566. The van der Waals surface area contributed by atoms with E-state index in [2.05, 4.69) is 10.1 Å². The monoisotopic (exact) mass is 386 g/mol. The summed E-state index contributed by atoms with van der Waals surface area (Å²) >= 11 is 12.4. The van der Waals surface area contributed by atoms with Crippen molar-refractivity contribution in [3.05, 3.63) is 75.9 Å². The van der Waals surface area contributed by atoms with Gasteiger partial charge >= 0.3 is 0 Å². The molecule has 1 atom stereocenters. The summed E-state index contributed by atoms with van der Waals surface area (Å²) in [5.41, 5.74) is 4.67. The van der Waals surface area contributed by atoms with Crippen LogP contribution in [0.1, 0.15) is 23.1 Å². The van der Waals surface area contributed by atoms with Crippen LogP contribution in [0, 0.1) is 6.92 Å². The van der Waals surface area contributed by atoms with Gasteiger partial charge in [0.05, 0.1) is 17.6 Å². The second kappa shape index (κ2) is 6.43. The molecule has 7 heteroatoms. The number of nitrogens with zero attached hydrogens (tertiary/aromatic N) is 4. The number of pyridine rings is 1. The summed E-state index contributed by atoms with van der Waals surface area (Å²) in [6.07, 6.45) is 4.74. The summed E-state index contributed by atoms with van der Waals surface area (Å²) in [6, 6.07) is 8.97. The zero-order valence-corrected chi connectivity index (χ0v) is 15.7. The average molecular weight is 387 g/mol. The lowest BCUT2D eigenvalue weighted by atomic mass is 10.0. The van der Waals surface area contributed by atoms with Gasteiger partial charge in [0.25, 0.3) is 0 Å². The van der Waals surface area contributed by atoms with Gasteiger partial charge in [-0.2, -0.15) is 5.10 Å². The molecule has 0 fully saturated rings. The molecule has 1 unspecified atom stereocenters. The van der Waals surface area contributed by atoms with Gasteiger partial charge in [-0.1, -0.05) is 23.2 Å². The molecule has 26 heavy (non-hydrogen) atoms. The molecule has 0 saturated heterocycles. The number of fused-ring (bicyclic) bond motifs is 1. The first kappa shape index (κ1) is 17.1. The fraction of sp³-hybridized carbons (Fsp3) is 0.158. The molecule has 1 N–H and O–H groups in total. The van der Waals surface area contributed by atoms with E-state index < -0.39 is 6.10 Å². The van der Waals surface area contributed by atoms with Crippen LogP contribution < -0.4 is 0 Å². The number of aromatic nitrogens is 4. The number of hydrogen-bond donors (Lipinski definition) is 1. The van der Waals surface area contributed by atoms with Crippen LogP contribution in [-0.2, 0) is 7.05 Å². The maximum Gasteiger partial charge on any atom is 0.137 e. The number of rotatable bonds is 3. The maximum absolute atomic E-state index is 11.0. The lowest BCUT2D eigenvalue weighted by molar-refractivity contribution is 0.213. The van der Waals surface area contributed by atoms with Gasteiger partial charge in [0.1, 0.15) is 11.8 Å². The SMILES string of the molecule is Cc1nc2ccc(-c3cnn(C)c3)cn2c1C(O)c1cc(Cl)ccc1Cl. The highest BCUT2D eigenvalue weighted by Crippen LogP contribution is 2.33. The summed E-state index contributed by atoms with van der Waals surface area (Å²) in [5, 5.41) is 16.2. The minimum atomic E-state index is -0.944. The molecule has 4 rings (SSSR count). The first-order valence-electron chi connectivity index (χ1n) is 8.04. The third-order valence-corrected chi connectivity index (χ3v) is 4.97. The minimum absolute atomic E-state index is 0.458.